The summed E-state index contributed by atoms with van der Waals surface area (Å²) in [7, 11) is 1.64. The topological polar surface area (TPSA) is 109 Å². The quantitative estimate of drug-likeness (QED) is 0.226. The average molecular weight is 618 g/mol. The zero-order valence-corrected chi connectivity index (χ0v) is 27.9. The number of esters is 1. The van der Waals surface area contributed by atoms with Gasteiger partial charge in [0.2, 0.25) is 0 Å². The van der Waals surface area contributed by atoms with Gasteiger partial charge in [0.25, 0.3) is 0 Å². The van der Waals surface area contributed by atoms with Crippen molar-refractivity contribution in [3.05, 3.63) is 77.1 Å². The van der Waals surface area contributed by atoms with Crippen LogP contribution in [-0.4, -0.2) is 68.6 Å². The highest BCUT2D eigenvalue weighted by Gasteiger charge is 2.36. The van der Waals surface area contributed by atoms with Crippen molar-refractivity contribution < 1.29 is 23.8 Å². The molecule has 0 fully saturated rings. The number of hydrogen-bond acceptors (Lipinski definition) is 8. The van der Waals surface area contributed by atoms with Crippen LogP contribution >= 0.6 is 0 Å². The van der Waals surface area contributed by atoms with E-state index in [0.29, 0.717) is 38.3 Å². The number of carbonyl (C=O) groups is 2. The van der Waals surface area contributed by atoms with E-state index in [1.807, 2.05) is 65.8 Å². The van der Waals surface area contributed by atoms with Crippen LogP contribution in [0.4, 0.5) is 4.79 Å². The van der Waals surface area contributed by atoms with Gasteiger partial charge in [-0.1, -0.05) is 55.8 Å². The molecule has 1 aliphatic rings. The van der Waals surface area contributed by atoms with E-state index in [9.17, 15) is 9.59 Å². The van der Waals surface area contributed by atoms with Gasteiger partial charge in [-0.05, 0) is 99.2 Å². The maximum Gasteiger partial charge on any atom is 0.410 e. The summed E-state index contributed by atoms with van der Waals surface area (Å²) in [6.45, 7) is 14.8. The molecule has 0 bridgehead atoms. The molecule has 2 heterocycles. The van der Waals surface area contributed by atoms with Crippen molar-refractivity contribution in [2.75, 3.05) is 20.2 Å². The Morgan fingerprint density at radius 3 is 2.16 bits per heavy atom. The van der Waals surface area contributed by atoms with E-state index in [-0.39, 0.29) is 18.0 Å². The Hall–Kier alpha value is -4.21. The minimum absolute atomic E-state index is 0.247. The Bertz CT molecular complexity index is 1470. The molecule has 0 aliphatic carbocycles. The second-order valence-electron chi connectivity index (χ2n) is 13.6. The lowest BCUT2D eigenvalue weighted by molar-refractivity contribution is -0.161. The Morgan fingerprint density at radius 2 is 1.56 bits per heavy atom. The summed E-state index contributed by atoms with van der Waals surface area (Å²) in [5.74, 6) is 0.423. The van der Waals surface area contributed by atoms with Crippen molar-refractivity contribution in [3.63, 3.8) is 0 Å². The molecule has 1 aromatic heterocycles. The van der Waals surface area contributed by atoms with Gasteiger partial charge in [0.15, 0.2) is 5.82 Å². The van der Waals surface area contributed by atoms with E-state index >= 15 is 0 Å². The summed E-state index contributed by atoms with van der Waals surface area (Å²) in [6.07, 6.45) is 3.75. The molecule has 242 valence electrons. The predicted octanol–water partition coefficient (Wildman–Crippen LogP) is 6.45. The Kier molecular flexibility index (Phi) is 10.7. The number of ether oxygens (including phenoxy) is 3. The van der Waals surface area contributed by atoms with Gasteiger partial charge in [0.1, 0.15) is 17.0 Å². The van der Waals surface area contributed by atoms with E-state index in [4.69, 9.17) is 14.2 Å². The molecule has 0 saturated carbocycles. The molecule has 45 heavy (non-hydrogen) atoms. The molecule has 10 nitrogen and oxygen atoms in total. The second-order valence-corrected chi connectivity index (χ2v) is 13.6. The summed E-state index contributed by atoms with van der Waals surface area (Å²) in [5.41, 5.74) is 3.03. The van der Waals surface area contributed by atoms with E-state index in [2.05, 4.69) is 52.8 Å². The van der Waals surface area contributed by atoms with Crippen LogP contribution in [0.2, 0.25) is 0 Å². The lowest BCUT2D eigenvalue weighted by Gasteiger charge is -2.29. The molecule has 4 rings (SSSR count). The fraction of sp³-hybridized carbons (Fsp3) is 0.514. The van der Waals surface area contributed by atoms with Gasteiger partial charge >= 0.3 is 12.1 Å². The summed E-state index contributed by atoms with van der Waals surface area (Å²) in [5, 5.41) is 12.8. The first-order valence-corrected chi connectivity index (χ1v) is 15.6. The molecule has 0 N–H and O–H groups in total. The third kappa shape index (κ3) is 9.39. The molecule has 10 heteroatoms. The Morgan fingerprint density at radius 1 is 0.911 bits per heavy atom. The number of nitrogens with zero attached hydrogens (tertiary/aromatic N) is 5. The van der Waals surface area contributed by atoms with E-state index in [0.717, 1.165) is 34.4 Å². The molecule has 3 aromatic rings. The zero-order valence-electron chi connectivity index (χ0n) is 27.9. The largest absolute Gasteiger partial charge is 0.497 e. The number of amides is 1. The van der Waals surface area contributed by atoms with Crippen LogP contribution in [0, 0.1) is 5.92 Å². The highest BCUT2D eigenvalue weighted by Crippen LogP contribution is 2.34. The van der Waals surface area contributed by atoms with E-state index < -0.39 is 17.1 Å². The van der Waals surface area contributed by atoms with Gasteiger partial charge in [0.05, 0.1) is 19.6 Å². The lowest BCUT2D eigenvalue weighted by Crippen LogP contribution is -2.35. The SMILES string of the molecule is CCC[C@H](C(=O)OC(C)(C)C)[C@H](Cc1ccc(C2=CCN(C(=O)OC(C)(C)C)C2)cc1)c1nnnn1Cc1ccc(OC)cc1. The predicted molar refractivity (Wildman–Crippen MR) is 173 cm³/mol. The number of rotatable bonds is 11. The highest BCUT2D eigenvalue weighted by molar-refractivity contribution is 5.77. The van der Waals surface area contributed by atoms with Crippen molar-refractivity contribution >= 4 is 17.6 Å². The first kappa shape index (κ1) is 33.7. The molecule has 0 spiro atoms. The van der Waals surface area contributed by atoms with Gasteiger partial charge < -0.3 is 19.1 Å². The number of benzene rings is 2. The molecule has 0 saturated heterocycles. The first-order valence-electron chi connectivity index (χ1n) is 15.6. The van der Waals surface area contributed by atoms with Crippen molar-refractivity contribution in [1.29, 1.82) is 0 Å². The number of hydrogen-bond donors (Lipinski definition) is 0. The molecule has 1 aliphatic heterocycles. The smallest absolute Gasteiger partial charge is 0.410 e. The standard InChI is InChI=1S/C35H47N5O5/c1-9-10-29(32(41)44-34(2,3)4)30(31-36-37-38-40(31)22-25-13-17-28(43-8)18-14-25)21-24-11-15-26(16-12-24)27-19-20-39(23-27)33(42)45-35(5,6)7/h11-19,29-30H,9-10,20-23H2,1-8H3/t29-,30-/m0/s1. The van der Waals surface area contributed by atoms with Crippen molar-refractivity contribution in [2.24, 2.45) is 5.92 Å². The van der Waals surface area contributed by atoms with Gasteiger partial charge in [-0.3, -0.25) is 4.79 Å². The maximum atomic E-state index is 13.7. The normalized spacial score (nSPS) is 14.9. The van der Waals surface area contributed by atoms with Crippen molar-refractivity contribution in [3.8, 4) is 5.75 Å². The molecule has 1 amide bonds. The van der Waals surface area contributed by atoms with E-state index in [1.54, 1.807) is 16.7 Å². The monoisotopic (exact) mass is 617 g/mol. The fourth-order valence-electron chi connectivity index (χ4n) is 5.42. The second kappa shape index (κ2) is 14.3. The van der Waals surface area contributed by atoms with Gasteiger partial charge in [-0.15, -0.1) is 5.10 Å². The summed E-state index contributed by atoms with van der Waals surface area (Å²) < 4.78 is 18.6. The van der Waals surface area contributed by atoms with Crippen LogP contribution in [0.15, 0.2) is 54.6 Å². The minimum atomic E-state index is -0.619. The van der Waals surface area contributed by atoms with Crippen LogP contribution in [-0.2, 0) is 27.2 Å². The average Bonchev–Trinajstić information content (AvgIpc) is 3.64. The van der Waals surface area contributed by atoms with Crippen LogP contribution < -0.4 is 4.74 Å². The lowest BCUT2D eigenvalue weighted by atomic mass is 9.82. The van der Waals surface area contributed by atoms with E-state index in [1.165, 1.54) is 0 Å². The van der Waals surface area contributed by atoms with Crippen LogP contribution in [0.1, 0.15) is 89.7 Å². The van der Waals surface area contributed by atoms with Crippen LogP contribution in [0.3, 0.4) is 0 Å². The van der Waals surface area contributed by atoms with Gasteiger partial charge in [-0.25, -0.2) is 9.48 Å². The third-order valence-electron chi connectivity index (χ3n) is 7.53. The van der Waals surface area contributed by atoms with Crippen molar-refractivity contribution in [1.82, 2.24) is 25.1 Å². The molecule has 0 radical (unpaired) electrons. The van der Waals surface area contributed by atoms with Crippen molar-refractivity contribution in [2.45, 2.75) is 91.4 Å². The third-order valence-corrected chi connectivity index (χ3v) is 7.53. The zero-order chi connectivity index (χ0) is 32.8. The van der Waals surface area contributed by atoms with Gasteiger partial charge in [-0.2, -0.15) is 0 Å². The van der Waals surface area contributed by atoms with Gasteiger partial charge in [0, 0.05) is 19.0 Å². The molecule has 2 aromatic carbocycles. The number of methoxy groups -OCH3 is 1. The fourth-order valence-corrected chi connectivity index (χ4v) is 5.42. The number of aromatic nitrogens is 4. The molecular weight excluding hydrogens is 570 g/mol. The number of carbonyl (C=O) groups excluding carboxylic acids is 2. The summed E-state index contributed by atoms with van der Waals surface area (Å²) >= 11 is 0. The highest BCUT2D eigenvalue weighted by atomic mass is 16.6. The summed E-state index contributed by atoms with van der Waals surface area (Å²) in [6, 6.07) is 16.1. The Balaban J connectivity index is 1.59. The summed E-state index contributed by atoms with van der Waals surface area (Å²) in [4.78, 5) is 27.9. The molecule has 0 unspecified atom stereocenters. The van der Waals surface area contributed by atoms with Crippen LogP contribution in [0.5, 0.6) is 5.75 Å². The maximum absolute atomic E-state index is 13.7. The Labute approximate surface area is 266 Å². The number of tetrazole rings is 1. The molecule has 2 atom stereocenters. The van der Waals surface area contributed by atoms with Crippen LogP contribution in [0.25, 0.3) is 5.57 Å². The molecular formula is C35H47N5O5. The first-order chi connectivity index (χ1) is 21.3. The minimum Gasteiger partial charge on any atom is -0.497 e.